The number of hydrogen-bond acceptors (Lipinski definition) is 1. The Morgan fingerprint density at radius 1 is 0.765 bits per heavy atom. The molecule has 0 atom stereocenters. The average Bonchev–Trinajstić information content (AvgIpc) is 2.32. The zero-order chi connectivity index (χ0) is 12.4. The molecule has 2 aromatic carbocycles. The van der Waals surface area contributed by atoms with Crippen LogP contribution in [0.4, 0.5) is 0 Å². The largest absolute Gasteiger partial charge is 0.495 e. The molecule has 0 radical (unpaired) electrons. The summed E-state index contributed by atoms with van der Waals surface area (Å²) in [7, 11) is 1.58. The third kappa shape index (κ3) is 2.68. The number of benzene rings is 2. The van der Waals surface area contributed by atoms with Gasteiger partial charge in [0.1, 0.15) is 5.75 Å². The molecule has 0 unspecified atom stereocenters. The van der Waals surface area contributed by atoms with Gasteiger partial charge >= 0.3 is 0 Å². The average molecular weight is 288 g/mol. The zero-order valence-corrected chi connectivity index (χ0v) is 11.3. The van der Waals surface area contributed by atoms with Crippen LogP contribution in [0.25, 0.3) is 11.1 Å². The fraction of sp³-hybridized carbons (Fsp3) is 0.0769. The Morgan fingerprint density at radius 2 is 1.35 bits per heavy atom. The van der Waals surface area contributed by atoms with E-state index in [0.717, 1.165) is 11.1 Å². The molecule has 1 nitrogen and oxygen atoms in total. The molecule has 0 amide bonds. The van der Waals surface area contributed by atoms with Crippen molar-refractivity contribution in [2.24, 2.45) is 0 Å². The zero-order valence-electron chi connectivity index (χ0n) is 9.01. The summed E-state index contributed by atoms with van der Waals surface area (Å²) in [6, 6.07) is 11.0. The molecule has 0 fully saturated rings. The number of hydrogen-bond donors (Lipinski definition) is 0. The van der Waals surface area contributed by atoms with Gasteiger partial charge in [-0.05, 0) is 35.4 Å². The molecule has 0 N–H and O–H groups in total. The van der Waals surface area contributed by atoms with Crippen molar-refractivity contribution in [2.75, 3.05) is 7.11 Å². The first-order valence-electron chi connectivity index (χ1n) is 4.91. The summed E-state index contributed by atoms with van der Waals surface area (Å²) in [5, 5.41) is 1.63. The van der Waals surface area contributed by atoms with Crippen LogP contribution < -0.4 is 4.74 Å². The van der Waals surface area contributed by atoms with Crippen LogP contribution in [0.2, 0.25) is 15.1 Å². The standard InChI is InChI=1S/C13H9Cl3O/c1-17-13-5-3-9(7-12(13)16)8-2-4-10(14)11(15)6-8/h2-7H,1H3. The Bertz CT molecular complexity index is 552. The molecule has 0 aliphatic carbocycles. The maximum Gasteiger partial charge on any atom is 0.137 e. The first-order valence-corrected chi connectivity index (χ1v) is 6.04. The first kappa shape index (κ1) is 12.6. The number of methoxy groups -OCH3 is 1. The van der Waals surface area contributed by atoms with Gasteiger partial charge in [-0.15, -0.1) is 0 Å². The maximum absolute atomic E-state index is 6.07. The van der Waals surface area contributed by atoms with Crippen LogP contribution in [0.15, 0.2) is 36.4 Å². The van der Waals surface area contributed by atoms with E-state index in [4.69, 9.17) is 39.5 Å². The van der Waals surface area contributed by atoms with E-state index >= 15 is 0 Å². The first-order chi connectivity index (χ1) is 8.11. The Kier molecular flexibility index (Phi) is 3.82. The molecule has 0 bridgehead atoms. The molecule has 17 heavy (non-hydrogen) atoms. The van der Waals surface area contributed by atoms with Gasteiger partial charge in [-0.25, -0.2) is 0 Å². The summed E-state index contributed by atoms with van der Waals surface area (Å²) in [6.45, 7) is 0. The second kappa shape index (κ2) is 5.18. The lowest BCUT2D eigenvalue weighted by Crippen LogP contribution is -1.85. The predicted molar refractivity (Wildman–Crippen MR) is 73.5 cm³/mol. The topological polar surface area (TPSA) is 9.23 Å². The van der Waals surface area contributed by atoms with Gasteiger partial charge in [0.2, 0.25) is 0 Å². The van der Waals surface area contributed by atoms with Crippen molar-refractivity contribution in [1.29, 1.82) is 0 Å². The minimum absolute atomic E-state index is 0.524. The highest BCUT2D eigenvalue weighted by Gasteiger charge is 2.05. The number of halogens is 3. The summed E-state index contributed by atoms with van der Waals surface area (Å²) in [5.74, 6) is 0.649. The third-order valence-corrected chi connectivity index (χ3v) is 3.44. The van der Waals surface area contributed by atoms with E-state index in [1.165, 1.54) is 0 Å². The van der Waals surface area contributed by atoms with Crippen LogP contribution in [0.3, 0.4) is 0 Å². The molecule has 0 aliphatic rings. The second-order valence-corrected chi connectivity index (χ2v) is 4.70. The monoisotopic (exact) mass is 286 g/mol. The normalized spacial score (nSPS) is 10.4. The van der Waals surface area contributed by atoms with Crippen LogP contribution >= 0.6 is 34.8 Å². The highest BCUT2D eigenvalue weighted by atomic mass is 35.5. The predicted octanol–water partition coefficient (Wildman–Crippen LogP) is 5.32. The smallest absolute Gasteiger partial charge is 0.137 e. The third-order valence-electron chi connectivity index (χ3n) is 2.40. The van der Waals surface area contributed by atoms with Crippen LogP contribution in [-0.4, -0.2) is 7.11 Å². The minimum atomic E-state index is 0.524. The van der Waals surface area contributed by atoms with Crippen LogP contribution in [0.5, 0.6) is 5.75 Å². The van der Waals surface area contributed by atoms with Crippen molar-refractivity contribution < 1.29 is 4.74 Å². The number of rotatable bonds is 2. The molecular weight excluding hydrogens is 279 g/mol. The van der Waals surface area contributed by atoms with E-state index < -0.39 is 0 Å². The van der Waals surface area contributed by atoms with Gasteiger partial charge in [0.05, 0.1) is 22.2 Å². The summed E-state index contributed by atoms with van der Waals surface area (Å²) in [6.07, 6.45) is 0. The molecule has 0 saturated heterocycles. The van der Waals surface area contributed by atoms with Crippen molar-refractivity contribution in [2.45, 2.75) is 0 Å². The summed E-state index contributed by atoms with van der Waals surface area (Å²) in [5.41, 5.74) is 1.93. The van der Waals surface area contributed by atoms with Gasteiger partial charge in [-0.1, -0.05) is 46.9 Å². The molecule has 0 aliphatic heterocycles. The molecule has 88 valence electrons. The van der Waals surface area contributed by atoms with Crippen molar-refractivity contribution in [3.05, 3.63) is 51.5 Å². The maximum atomic E-state index is 6.07. The minimum Gasteiger partial charge on any atom is -0.495 e. The van der Waals surface area contributed by atoms with Gasteiger partial charge in [-0.3, -0.25) is 0 Å². The Labute approximate surface area is 115 Å². The lowest BCUT2D eigenvalue weighted by Gasteiger charge is -2.07. The Morgan fingerprint density at radius 3 is 1.88 bits per heavy atom. The summed E-state index contributed by atoms with van der Waals surface area (Å²) >= 11 is 17.9. The van der Waals surface area contributed by atoms with Crippen LogP contribution in [-0.2, 0) is 0 Å². The van der Waals surface area contributed by atoms with Crippen molar-refractivity contribution in [1.82, 2.24) is 0 Å². The van der Waals surface area contributed by atoms with Gasteiger partial charge < -0.3 is 4.74 Å². The van der Waals surface area contributed by atoms with E-state index in [1.807, 2.05) is 30.3 Å². The molecule has 0 heterocycles. The van der Waals surface area contributed by atoms with Crippen molar-refractivity contribution >= 4 is 34.8 Å². The SMILES string of the molecule is COc1ccc(-c2ccc(Cl)c(Cl)c2)cc1Cl. The van der Waals surface area contributed by atoms with Gasteiger partial charge in [-0.2, -0.15) is 0 Å². The fourth-order valence-electron chi connectivity index (χ4n) is 1.52. The number of ether oxygens (including phenoxy) is 1. The highest BCUT2D eigenvalue weighted by Crippen LogP contribution is 2.33. The van der Waals surface area contributed by atoms with Gasteiger partial charge in [0, 0.05) is 0 Å². The molecule has 0 aromatic heterocycles. The summed E-state index contributed by atoms with van der Waals surface area (Å²) in [4.78, 5) is 0. The molecule has 2 rings (SSSR count). The highest BCUT2D eigenvalue weighted by molar-refractivity contribution is 6.42. The lowest BCUT2D eigenvalue weighted by molar-refractivity contribution is 0.415. The van der Waals surface area contributed by atoms with E-state index in [1.54, 1.807) is 13.2 Å². The van der Waals surface area contributed by atoms with Gasteiger partial charge in [0.25, 0.3) is 0 Å². The van der Waals surface area contributed by atoms with Crippen LogP contribution in [0, 0.1) is 0 Å². The van der Waals surface area contributed by atoms with E-state index in [-0.39, 0.29) is 0 Å². The van der Waals surface area contributed by atoms with Crippen LogP contribution in [0.1, 0.15) is 0 Å². The molecule has 4 heteroatoms. The quantitative estimate of drug-likeness (QED) is 0.726. The van der Waals surface area contributed by atoms with E-state index in [0.29, 0.717) is 20.8 Å². The molecule has 0 saturated carbocycles. The Hall–Kier alpha value is -0.890. The van der Waals surface area contributed by atoms with Gasteiger partial charge in [0.15, 0.2) is 0 Å². The Balaban J connectivity index is 2.46. The van der Waals surface area contributed by atoms with E-state index in [2.05, 4.69) is 0 Å². The van der Waals surface area contributed by atoms with Crippen molar-refractivity contribution in [3.8, 4) is 16.9 Å². The van der Waals surface area contributed by atoms with E-state index in [9.17, 15) is 0 Å². The second-order valence-electron chi connectivity index (χ2n) is 3.48. The molecule has 2 aromatic rings. The summed E-state index contributed by atoms with van der Waals surface area (Å²) < 4.78 is 5.10. The van der Waals surface area contributed by atoms with Crippen molar-refractivity contribution in [3.63, 3.8) is 0 Å². The fourth-order valence-corrected chi connectivity index (χ4v) is 2.08. The lowest BCUT2D eigenvalue weighted by atomic mass is 10.1. The molecule has 0 spiro atoms. The molecular formula is C13H9Cl3O.